The van der Waals surface area contributed by atoms with Crippen LogP contribution in [0, 0.1) is 0 Å². The van der Waals surface area contributed by atoms with Crippen molar-refractivity contribution in [3.05, 3.63) is 72.9 Å². The summed E-state index contributed by atoms with van der Waals surface area (Å²) < 4.78 is 5.95. The number of carbonyl (C=O) groups excluding carboxylic acids is 3. The van der Waals surface area contributed by atoms with Crippen LogP contribution in [-0.2, 0) is 23.9 Å². The van der Waals surface area contributed by atoms with Gasteiger partial charge in [0.15, 0.2) is 0 Å². The van der Waals surface area contributed by atoms with Crippen molar-refractivity contribution in [3.63, 3.8) is 0 Å². The third-order valence-electron chi connectivity index (χ3n) is 8.70. The van der Waals surface area contributed by atoms with Gasteiger partial charge in [0.25, 0.3) is 0 Å². The van der Waals surface area contributed by atoms with Gasteiger partial charge in [-0.05, 0) is 89.9 Å². The summed E-state index contributed by atoms with van der Waals surface area (Å²) in [5, 5.41) is 22.5. The summed E-state index contributed by atoms with van der Waals surface area (Å²) in [5.41, 5.74) is 0. The van der Waals surface area contributed by atoms with Crippen LogP contribution in [0.1, 0.15) is 162 Å². The number of carboxylic acids is 1. The summed E-state index contributed by atoms with van der Waals surface area (Å²) in [6.45, 7) is 3.32. The molecule has 0 radical (unpaired) electrons. The number of esters is 1. The number of aliphatic hydroxyl groups excluding tert-OH is 1. The molecular formula is C45H74N2O7. The van der Waals surface area contributed by atoms with Gasteiger partial charge in [-0.15, -0.1) is 0 Å². The molecule has 9 heteroatoms. The van der Waals surface area contributed by atoms with Crippen LogP contribution >= 0.6 is 0 Å². The number of aliphatic carboxylic acids is 1. The van der Waals surface area contributed by atoms with Gasteiger partial charge in [0.1, 0.15) is 12.1 Å². The molecule has 2 unspecified atom stereocenters. The maximum atomic E-state index is 12.7. The summed E-state index contributed by atoms with van der Waals surface area (Å²) in [6, 6.07) is -1.39. The molecule has 0 aromatic heterocycles. The second-order valence-electron chi connectivity index (χ2n) is 13.7. The predicted molar refractivity (Wildman–Crippen MR) is 222 cm³/mol. The Kier molecular flexibility index (Phi) is 36.3. The van der Waals surface area contributed by atoms with Gasteiger partial charge in [-0.25, -0.2) is 4.79 Å². The lowest BCUT2D eigenvalue weighted by Gasteiger charge is -2.17. The fourth-order valence-electron chi connectivity index (χ4n) is 5.53. The van der Waals surface area contributed by atoms with E-state index < -0.39 is 24.5 Å². The van der Waals surface area contributed by atoms with E-state index in [0.29, 0.717) is 19.3 Å². The molecule has 0 aliphatic heterocycles. The topological polar surface area (TPSA) is 142 Å². The molecular weight excluding hydrogens is 681 g/mol. The highest BCUT2D eigenvalue weighted by molar-refractivity contribution is 5.87. The van der Waals surface area contributed by atoms with Crippen LogP contribution in [0.4, 0.5) is 0 Å². The van der Waals surface area contributed by atoms with Gasteiger partial charge in [0.05, 0.1) is 13.2 Å². The lowest BCUT2D eigenvalue weighted by Crippen LogP contribution is -2.47. The monoisotopic (exact) mass is 755 g/mol. The van der Waals surface area contributed by atoms with E-state index >= 15 is 0 Å². The minimum absolute atomic E-state index is 0.0978. The van der Waals surface area contributed by atoms with Crippen molar-refractivity contribution in [1.82, 2.24) is 10.6 Å². The van der Waals surface area contributed by atoms with Crippen LogP contribution in [0.15, 0.2) is 72.9 Å². The van der Waals surface area contributed by atoms with Crippen molar-refractivity contribution < 1.29 is 34.1 Å². The number of nitrogens with one attached hydrogen (secondary N) is 2. The summed E-state index contributed by atoms with van der Waals surface area (Å²) in [4.78, 5) is 47.5. The number of carbonyl (C=O) groups is 4. The Bertz CT molecular complexity index is 1140. The Morgan fingerprint density at radius 3 is 1.70 bits per heavy atom. The molecule has 2 amide bonds. The van der Waals surface area contributed by atoms with E-state index in [9.17, 15) is 19.2 Å². The fourth-order valence-corrected chi connectivity index (χ4v) is 5.53. The first-order chi connectivity index (χ1) is 26.3. The van der Waals surface area contributed by atoms with Gasteiger partial charge in [0, 0.05) is 12.8 Å². The van der Waals surface area contributed by atoms with Gasteiger partial charge in [-0.3, -0.25) is 14.4 Å². The molecule has 0 heterocycles. The van der Waals surface area contributed by atoms with Crippen molar-refractivity contribution in [2.75, 3.05) is 13.2 Å². The Hall–Kier alpha value is -3.72. The molecule has 0 aromatic carbocycles. The second kappa shape index (κ2) is 39.0. The molecule has 54 heavy (non-hydrogen) atoms. The Morgan fingerprint density at radius 1 is 0.574 bits per heavy atom. The minimum Gasteiger partial charge on any atom is -0.480 e. The number of carboxylic acid groups (broad SMARTS) is 1. The average molecular weight is 755 g/mol. The quantitative estimate of drug-likeness (QED) is 0.0283. The zero-order valence-corrected chi connectivity index (χ0v) is 33.7. The number of unbranched alkanes of at least 4 members (excludes halogenated alkanes) is 10. The van der Waals surface area contributed by atoms with Crippen molar-refractivity contribution in [1.29, 1.82) is 0 Å². The second-order valence-corrected chi connectivity index (χ2v) is 13.7. The number of rotatable bonds is 36. The number of aliphatic hydroxyl groups is 1. The highest BCUT2D eigenvalue weighted by atomic mass is 16.5. The summed E-state index contributed by atoms with van der Waals surface area (Å²) in [6.07, 6.45) is 47.9. The first-order valence-electron chi connectivity index (χ1n) is 20.8. The molecule has 0 fully saturated rings. The third kappa shape index (κ3) is 35.3. The van der Waals surface area contributed by atoms with E-state index in [1.54, 1.807) is 0 Å². The molecule has 0 aromatic rings. The van der Waals surface area contributed by atoms with E-state index in [-0.39, 0.29) is 30.9 Å². The number of ether oxygens (including phenoxy) is 1. The normalized spacial score (nSPS) is 13.2. The molecule has 0 bridgehead atoms. The van der Waals surface area contributed by atoms with Crippen molar-refractivity contribution in [3.8, 4) is 0 Å². The van der Waals surface area contributed by atoms with Gasteiger partial charge in [0.2, 0.25) is 11.8 Å². The van der Waals surface area contributed by atoms with E-state index in [2.05, 4.69) is 97.4 Å². The molecule has 0 aliphatic rings. The van der Waals surface area contributed by atoms with Gasteiger partial charge >= 0.3 is 11.9 Å². The molecule has 2 atom stereocenters. The maximum Gasteiger partial charge on any atom is 0.328 e. The molecule has 4 N–H and O–H groups in total. The van der Waals surface area contributed by atoms with Crippen LogP contribution < -0.4 is 10.6 Å². The minimum atomic E-state index is -1.39. The van der Waals surface area contributed by atoms with Crippen LogP contribution in [0.3, 0.4) is 0 Å². The van der Waals surface area contributed by atoms with E-state index in [1.807, 2.05) is 0 Å². The van der Waals surface area contributed by atoms with Crippen molar-refractivity contribution in [2.24, 2.45) is 0 Å². The zero-order chi connectivity index (χ0) is 39.7. The number of allylic oxidation sites excluding steroid dienone is 12. The first kappa shape index (κ1) is 50.3. The van der Waals surface area contributed by atoms with Crippen LogP contribution in [-0.4, -0.2) is 59.3 Å². The summed E-state index contributed by atoms with van der Waals surface area (Å²) >= 11 is 0. The highest BCUT2D eigenvalue weighted by Crippen LogP contribution is 2.17. The summed E-state index contributed by atoms with van der Waals surface area (Å²) in [7, 11) is 0. The van der Waals surface area contributed by atoms with Crippen LogP contribution in [0.5, 0.6) is 0 Å². The Balaban J connectivity index is 4.52. The first-order valence-corrected chi connectivity index (χ1v) is 20.8. The molecule has 0 aliphatic carbocycles. The molecule has 0 saturated carbocycles. The molecule has 306 valence electrons. The molecule has 0 spiro atoms. The average Bonchev–Trinajstić information content (AvgIpc) is 3.15. The Labute approximate surface area is 327 Å². The standard InChI is InChI=1S/C45H74N2O7/c1-3-5-7-9-11-13-15-17-19-21-23-26-30-34-40(54-44(51)37-33-29-24-22-20-18-16-14-12-10-8-6-4-2)35-31-27-25-28-32-36-42(49)46-38-43(50)47-41(39-48)45(52)53/h6,8,12,14-15,17-18,20-21,23-24,29,40-41,48H,3-5,7,9-11,13,16,19,22,25-28,30-39H2,1-2H3,(H,46,49)(H,47,50)(H,52,53)/b8-6-,14-12-,17-15-,20-18-,23-21-,29-24-. The van der Waals surface area contributed by atoms with Crippen molar-refractivity contribution >= 4 is 23.8 Å². The number of hydrogen-bond acceptors (Lipinski definition) is 6. The SMILES string of the molecule is CC/C=C\C/C=C\C/C=C\C/C=C\CCC(=O)OC(CCC/C=C\C/C=C\CCCCCCC)CCCCCCCC(=O)NCC(=O)NC(CO)C(=O)O. The van der Waals surface area contributed by atoms with E-state index in [4.69, 9.17) is 14.9 Å². The Morgan fingerprint density at radius 2 is 1.09 bits per heavy atom. The molecule has 0 rings (SSSR count). The van der Waals surface area contributed by atoms with Crippen LogP contribution in [0.25, 0.3) is 0 Å². The summed E-state index contributed by atoms with van der Waals surface area (Å²) in [5.74, 6) is -2.43. The van der Waals surface area contributed by atoms with Crippen LogP contribution in [0.2, 0.25) is 0 Å². The highest BCUT2D eigenvalue weighted by Gasteiger charge is 2.19. The van der Waals surface area contributed by atoms with E-state index in [0.717, 1.165) is 89.9 Å². The van der Waals surface area contributed by atoms with Gasteiger partial charge in [-0.2, -0.15) is 0 Å². The van der Waals surface area contributed by atoms with E-state index in [1.165, 1.54) is 32.1 Å². The third-order valence-corrected chi connectivity index (χ3v) is 8.70. The van der Waals surface area contributed by atoms with Crippen molar-refractivity contribution in [2.45, 2.75) is 174 Å². The number of hydrogen-bond donors (Lipinski definition) is 4. The lowest BCUT2D eigenvalue weighted by atomic mass is 10.0. The van der Waals surface area contributed by atoms with Gasteiger partial charge < -0.3 is 25.6 Å². The van der Waals surface area contributed by atoms with Gasteiger partial charge in [-0.1, -0.05) is 132 Å². The predicted octanol–water partition coefficient (Wildman–Crippen LogP) is 9.93. The fraction of sp³-hybridized carbons (Fsp3) is 0.644. The lowest BCUT2D eigenvalue weighted by molar-refractivity contribution is -0.149. The molecule has 9 nitrogen and oxygen atoms in total. The zero-order valence-electron chi connectivity index (χ0n) is 33.7. The maximum absolute atomic E-state index is 12.7. The molecule has 0 saturated heterocycles. The number of amides is 2. The smallest absolute Gasteiger partial charge is 0.328 e. The largest absolute Gasteiger partial charge is 0.480 e.